The number of hydrogen-bond acceptors (Lipinski definition) is 4. The number of carbonyl (C=O) groups excluding carboxylic acids is 1. The number of halogens is 1. The molecule has 5 nitrogen and oxygen atoms in total. The van der Waals surface area contributed by atoms with Gasteiger partial charge in [-0.2, -0.15) is 4.31 Å². The topological polar surface area (TPSA) is 63.7 Å². The standard InChI is InChI=1S/C16H22FNO4S/c1-3-4-10-22-16(19)14-6-5-9-18(14)23(20,21)15-8-7-12(2)11-13(15)17/h7-8,11,14H,3-6,9-10H2,1-2H3/t14-/m0/s1. The molecule has 0 radical (unpaired) electrons. The van der Waals surface area contributed by atoms with Crippen LogP contribution in [0.2, 0.25) is 0 Å². The van der Waals surface area contributed by atoms with Gasteiger partial charge >= 0.3 is 5.97 Å². The first kappa shape index (κ1) is 17.9. The number of aryl methyl sites for hydroxylation is 1. The van der Waals surface area contributed by atoms with Gasteiger partial charge in [0.15, 0.2) is 0 Å². The summed E-state index contributed by atoms with van der Waals surface area (Å²) in [4.78, 5) is 11.7. The normalized spacial score (nSPS) is 19.0. The van der Waals surface area contributed by atoms with Gasteiger partial charge in [0.05, 0.1) is 6.61 Å². The Morgan fingerprint density at radius 3 is 2.83 bits per heavy atom. The van der Waals surface area contributed by atoms with Crippen LogP contribution in [0, 0.1) is 12.7 Å². The predicted octanol–water partition coefficient (Wildman–Crippen LogP) is 2.63. The third-order valence-electron chi connectivity index (χ3n) is 3.89. The molecular formula is C16H22FNO4S. The van der Waals surface area contributed by atoms with Crippen molar-refractivity contribution in [3.05, 3.63) is 29.6 Å². The van der Waals surface area contributed by atoms with E-state index in [4.69, 9.17) is 4.74 Å². The van der Waals surface area contributed by atoms with Gasteiger partial charge < -0.3 is 4.74 Å². The van der Waals surface area contributed by atoms with E-state index in [-0.39, 0.29) is 13.2 Å². The number of carbonyl (C=O) groups is 1. The highest BCUT2D eigenvalue weighted by Crippen LogP contribution is 2.28. The van der Waals surface area contributed by atoms with Crippen LogP contribution in [0.3, 0.4) is 0 Å². The highest BCUT2D eigenvalue weighted by molar-refractivity contribution is 7.89. The zero-order valence-electron chi connectivity index (χ0n) is 13.4. The van der Waals surface area contributed by atoms with Crippen molar-refractivity contribution in [2.75, 3.05) is 13.2 Å². The molecule has 0 amide bonds. The van der Waals surface area contributed by atoms with Gasteiger partial charge in [-0.1, -0.05) is 19.4 Å². The first-order valence-electron chi connectivity index (χ1n) is 7.82. The van der Waals surface area contributed by atoms with Gasteiger partial charge in [0.25, 0.3) is 0 Å². The first-order chi connectivity index (χ1) is 10.9. The first-order valence-corrected chi connectivity index (χ1v) is 9.26. The van der Waals surface area contributed by atoms with Gasteiger partial charge in [-0.3, -0.25) is 4.79 Å². The van der Waals surface area contributed by atoms with Crippen LogP contribution in [-0.2, 0) is 19.6 Å². The molecule has 0 spiro atoms. The molecule has 1 aromatic carbocycles. The Labute approximate surface area is 136 Å². The number of ether oxygens (including phenoxy) is 1. The fourth-order valence-electron chi connectivity index (χ4n) is 2.62. The van der Waals surface area contributed by atoms with Gasteiger partial charge in [-0.15, -0.1) is 0 Å². The Morgan fingerprint density at radius 1 is 1.43 bits per heavy atom. The Bertz CT molecular complexity index is 675. The van der Waals surface area contributed by atoms with E-state index in [1.54, 1.807) is 13.0 Å². The fraction of sp³-hybridized carbons (Fsp3) is 0.562. The molecule has 7 heteroatoms. The van der Waals surface area contributed by atoms with Crippen molar-refractivity contribution in [2.45, 2.75) is 50.5 Å². The lowest BCUT2D eigenvalue weighted by molar-refractivity contribution is -0.147. The maximum Gasteiger partial charge on any atom is 0.324 e. The third-order valence-corrected chi connectivity index (χ3v) is 5.83. The lowest BCUT2D eigenvalue weighted by Crippen LogP contribution is -2.41. The lowest BCUT2D eigenvalue weighted by Gasteiger charge is -2.23. The number of sulfonamides is 1. The molecule has 1 aliphatic heterocycles. The summed E-state index contributed by atoms with van der Waals surface area (Å²) in [6.45, 7) is 4.13. The summed E-state index contributed by atoms with van der Waals surface area (Å²) in [6.07, 6.45) is 2.57. The van der Waals surface area contributed by atoms with Crippen LogP contribution in [-0.4, -0.2) is 37.9 Å². The number of rotatable bonds is 6. The number of unbranched alkanes of at least 4 members (excludes halogenated alkanes) is 1. The third kappa shape index (κ3) is 3.90. The maximum absolute atomic E-state index is 14.1. The van der Waals surface area contributed by atoms with Gasteiger partial charge in [0.1, 0.15) is 16.8 Å². The average molecular weight is 343 g/mol. The summed E-state index contributed by atoms with van der Waals surface area (Å²) in [5.74, 6) is -1.35. The maximum atomic E-state index is 14.1. The zero-order valence-corrected chi connectivity index (χ0v) is 14.2. The van der Waals surface area contributed by atoms with Crippen LogP contribution in [0.4, 0.5) is 4.39 Å². The molecule has 1 heterocycles. The summed E-state index contributed by atoms with van der Waals surface area (Å²) >= 11 is 0. The van der Waals surface area contributed by atoms with Gasteiger partial charge in [0, 0.05) is 6.54 Å². The van der Waals surface area contributed by atoms with Crippen molar-refractivity contribution in [3.63, 3.8) is 0 Å². The molecule has 2 rings (SSSR count). The smallest absolute Gasteiger partial charge is 0.324 e. The minimum absolute atomic E-state index is 0.198. The average Bonchev–Trinajstić information content (AvgIpc) is 2.97. The quantitative estimate of drug-likeness (QED) is 0.588. The monoisotopic (exact) mass is 343 g/mol. The molecule has 1 aromatic rings. The summed E-state index contributed by atoms with van der Waals surface area (Å²) in [5.41, 5.74) is 0.637. The fourth-order valence-corrected chi connectivity index (χ4v) is 4.31. The van der Waals surface area contributed by atoms with Crippen LogP contribution >= 0.6 is 0 Å². The second-order valence-corrected chi connectivity index (χ2v) is 7.59. The summed E-state index contributed by atoms with van der Waals surface area (Å²) in [5, 5.41) is 0. The van der Waals surface area contributed by atoms with Crippen LogP contribution in [0.25, 0.3) is 0 Å². The van der Waals surface area contributed by atoms with E-state index in [1.165, 1.54) is 12.1 Å². The van der Waals surface area contributed by atoms with Crippen LogP contribution in [0.1, 0.15) is 38.2 Å². The summed E-state index contributed by atoms with van der Waals surface area (Å²) in [6, 6.07) is 3.10. The van der Waals surface area contributed by atoms with Crippen LogP contribution < -0.4 is 0 Å². The van der Waals surface area contributed by atoms with E-state index in [0.717, 1.165) is 17.1 Å². The van der Waals surface area contributed by atoms with Crippen molar-refractivity contribution >= 4 is 16.0 Å². The molecule has 0 N–H and O–H groups in total. The van der Waals surface area contributed by atoms with E-state index in [2.05, 4.69) is 0 Å². The van der Waals surface area contributed by atoms with Crippen molar-refractivity contribution in [1.29, 1.82) is 0 Å². The Morgan fingerprint density at radius 2 is 2.17 bits per heavy atom. The van der Waals surface area contributed by atoms with Crippen LogP contribution in [0.5, 0.6) is 0 Å². The predicted molar refractivity (Wildman–Crippen MR) is 83.9 cm³/mol. The largest absolute Gasteiger partial charge is 0.464 e. The Hall–Kier alpha value is -1.47. The van der Waals surface area contributed by atoms with Crippen LogP contribution in [0.15, 0.2) is 23.1 Å². The van der Waals surface area contributed by atoms with E-state index >= 15 is 0 Å². The second-order valence-electron chi connectivity index (χ2n) is 5.73. The molecule has 0 unspecified atom stereocenters. The van der Waals surface area contributed by atoms with Gasteiger partial charge in [-0.25, -0.2) is 12.8 Å². The summed E-state index contributed by atoms with van der Waals surface area (Å²) < 4.78 is 45.6. The van der Waals surface area contributed by atoms with Crippen molar-refractivity contribution < 1.29 is 22.3 Å². The number of benzene rings is 1. The number of nitrogens with zero attached hydrogens (tertiary/aromatic N) is 1. The molecule has 1 fully saturated rings. The molecule has 1 saturated heterocycles. The summed E-state index contributed by atoms with van der Waals surface area (Å²) in [7, 11) is -4.05. The van der Waals surface area contributed by atoms with E-state index < -0.39 is 32.7 Å². The molecule has 1 atom stereocenters. The molecule has 0 saturated carbocycles. The molecule has 128 valence electrons. The lowest BCUT2D eigenvalue weighted by atomic mass is 10.2. The Balaban J connectivity index is 2.22. The van der Waals surface area contributed by atoms with Crippen molar-refractivity contribution in [3.8, 4) is 0 Å². The Kier molecular flexibility index (Phi) is 5.75. The van der Waals surface area contributed by atoms with Gasteiger partial charge in [0.2, 0.25) is 10.0 Å². The zero-order chi connectivity index (χ0) is 17.0. The molecular weight excluding hydrogens is 321 g/mol. The SMILES string of the molecule is CCCCOC(=O)[C@@H]1CCCN1S(=O)(=O)c1ccc(C)cc1F. The molecule has 23 heavy (non-hydrogen) atoms. The van der Waals surface area contributed by atoms with E-state index in [9.17, 15) is 17.6 Å². The molecule has 0 aliphatic carbocycles. The van der Waals surface area contributed by atoms with E-state index in [0.29, 0.717) is 18.4 Å². The van der Waals surface area contributed by atoms with E-state index in [1.807, 2.05) is 6.92 Å². The van der Waals surface area contributed by atoms with Crippen molar-refractivity contribution in [1.82, 2.24) is 4.31 Å². The highest BCUT2D eigenvalue weighted by Gasteiger charge is 2.41. The minimum atomic E-state index is -4.05. The number of esters is 1. The molecule has 1 aliphatic rings. The molecule has 0 bridgehead atoms. The molecule has 0 aromatic heterocycles. The second kappa shape index (κ2) is 7.40. The highest BCUT2D eigenvalue weighted by atomic mass is 32.2. The number of hydrogen-bond donors (Lipinski definition) is 0. The van der Waals surface area contributed by atoms with Gasteiger partial charge in [-0.05, 0) is 43.9 Å². The minimum Gasteiger partial charge on any atom is -0.464 e. The van der Waals surface area contributed by atoms with Crippen molar-refractivity contribution in [2.24, 2.45) is 0 Å².